The molecule has 5 atom stereocenters. The number of rotatable bonds is 8. The fraction of sp³-hybridized carbons (Fsp3) is 0.515. The highest BCUT2D eigenvalue weighted by molar-refractivity contribution is 5.96. The Labute approximate surface area is 253 Å². The molecule has 2 aliphatic rings. The molecule has 232 valence electrons. The monoisotopic (exact) mass is 594 g/mol. The third kappa shape index (κ3) is 8.49. The van der Waals surface area contributed by atoms with Crippen LogP contribution in [0.5, 0.6) is 5.75 Å². The molecule has 10 heteroatoms. The summed E-state index contributed by atoms with van der Waals surface area (Å²) in [5.41, 5.74) is 9.15. The van der Waals surface area contributed by atoms with Gasteiger partial charge in [0, 0.05) is 7.11 Å². The van der Waals surface area contributed by atoms with Crippen LogP contribution in [0, 0.1) is 11.4 Å². The molecule has 10 nitrogen and oxygen atoms in total. The number of benzene rings is 2. The van der Waals surface area contributed by atoms with Gasteiger partial charge in [-0.25, -0.2) is 15.1 Å². The number of nitrogens with one attached hydrogen (secondary N) is 1. The lowest BCUT2D eigenvalue weighted by molar-refractivity contribution is -0.156. The minimum atomic E-state index is -0.875. The second-order valence-corrected chi connectivity index (χ2v) is 11.5. The van der Waals surface area contributed by atoms with Crippen molar-refractivity contribution in [2.75, 3.05) is 20.3 Å². The second-order valence-electron chi connectivity index (χ2n) is 11.5. The molecule has 1 fully saturated rings. The molecule has 0 saturated carbocycles. The first-order valence-corrected chi connectivity index (χ1v) is 14.7. The number of methoxy groups -OCH3 is 1. The van der Waals surface area contributed by atoms with Crippen molar-refractivity contribution < 1.29 is 38.0 Å². The summed E-state index contributed by atoms with van der Waals surface area (Å²) in [4.78, 5) is 26.8. The zero-order chi connectivity index (χ0) is 31.0. The van der Waals surface area contributed by atoms with E-state index in [1.54, 1.807) is 43.5 Å². The van der Waals surface area contributed by atoms with Gasteiger partial charge >= 0.3 is 11.9 Å². The van der Waals surface area contributed by atoms with E-state index in [1.807, 2.05) is 45.9 Å². The third-order valence-electron chi connectivity index (χ3n) is 7.72. The van der Waals surface area contributed by atoms with Crippen molar-refractivity contribution >= 4 is 18.0 Å². The van der Waals surface area contributed by atoms with Crippen molar-refractivity contribution in [3.8, 4) is 5.75 Å². The Morgan fingerprint density at radius 3 is 2.60 bits per heavy atom. The third-order valence-corrected chi connectivity index (χ3v) is 7.72. The number of nitrogens with zero attached hydrogens (tertiary/aromatic N) is 1. The highest BCUT2D eigenvalue weighted by Crippen LogP contribution is 2.36. The summed E-state index contributed by atoms with van der Waals surface area (Å²) in [6, 6.07) is 12.4. The molecule has 2 aliphatic heterocycles. The maximum absolute atomic E-state index is 13.6. The van der Waals surface area contributed by atoms with Gasteiger partial charge in [-0.15, -0.1) is 0 Å². The summed E-state index contributed by atoms with van der Waals surface area (Å²) in [7, 11) is 1.56. The Bertz CT molecular complexity index is 1300. The summed E-state index contributed by atoms with van der Waals surface area (Å²) in [5, 5.41) is 3.35. The molecule has 1 unspecified atom stereocenters. The minimum Gasteiger partial charge on any atom is -0.492 e. The van der Waals surface area contributed by atoms with E-state index < -0.39 is 42.1 Å². The Balaban J connectivity index is 1.71. The molecular weight excluding hydrogens is 552 g/mol. The zero-order valence-electron chi connectivity index (χ0n) is 25.5. The number of carbonyl (C=O) groups is 2. The number of cyclic esters (lactones) is 1. The quantitative estimate of drug-likeness (QED) is 0.212. The standard InChI is InChI=1S/C33H42N2O8/c1-21-14-15-27(41-31(36)23-10-7-6-8-11-23)30-28(42-33(3,4)43-30)13-9-12-24-18-26(39-17-16-35-34)19-25(20-38-5)29(24)32(37)40-22(21)2/h6-12,18-19,21-22,27-28,30,34H,13-17,20H2,1-5H3/b12-9+,35-34?/t21-,22+,27?,28+,30-/m1/s1. The van der Waals surface area contributed by atoms with Crippen LogP contribution in [0.15, 0.2) is 53.7 Å². The van der Waals surface area contributed by atoms with Crippen LogP contribution in [-0.4, -0.2) is 62.4 Å². The minimum absolute atomic E-state index is 0.0419. The number of hydrogen-bond acceptors (Lipinski definition) is 10. The first-order chi connectivity index (χ1) is 20.6. The summed E-state index contributed by atoms with van der Waals surface area (Å²) < 4.78 is 36.0. The van der Waals surface area contributed by atoms with Crippen LogP contribution in [0.1, 0.15) is 78.8 Å². The van der Waals surface area contributed by atoms with Gasteiger partial charge < -0.3 is 28.4 Å². The van der Waals surface area contributed by atoms with E-state index in [2.05, 4.69) is 5.11 Å². The molecule has 4 rings (SSSR count). The molecule has 2 heterocycles. The summed E-state index contributed by atoms with van der Waals surface area (Å²) in [6.45, 7) is 8.21. The number of ether oxygens (including phenoxy) is 6. The zero-order valence-corrected chi connectivity index (χ0v) is 25.5. The van der Waals surface area contributed by atoms with Crippen LogP contribution >= 0.6 is 0 Å². The number of hydrogen-bond donors (Lipinski definition) is 1. The van der Waals surface area contributed by atoms with Crippen LogP contribution < -0.4 is 4.74 Å². The van der Waals surface area contributed by atoms with Crippen molar-refractivity contribution in [3.05, 3.63) is 70.8 Å². The van der Waals surface area contributed by atoms with Gasteiger partial charge in [-0.2, -0.15) is 5.11 Å². The predicted octanol–water partition coefficient (Wildman–Crippen LogP) is 6.37. The summed E-state index contributed by atoms with van der Waals surface area (Å²) in [6.07, 6.45) is 3.42. The topological polar surface area (TPSA) is 126 Å². The molecular formula is C33H42N2O8. The molecule has 0 spiro atoms. The van der Waals surface area contributed by atoms with E-state index >= 15 is 0 Å². The summed E-state index contributed by atoms with van der Waals surface area (Å²) in [5.74, 6) is -1.27. The van der Waals surface area contributed by atoms with Gasteiger partial charge in [0.1, 0.15) is 30.7 Å². The first kappa shape index (κ1) is 32.3. The second kappa shape index (κ2) is 14.7. The highest BCUT2D eigenvalue weighted by Gasteiger charge is 2.46. The maximum atomic E-state index is 13.6. The van der Waals surface area contributed by atoms with Gasteiger partial charge in [-0.1, -0.05) is 37.3 Å². The van der Waals surface area contributed by atoms with Gasteiger partial charge in [-0.3, -0.25) is 0 Å². The van der Waals surface area contributed by atoms with Gasteiger partial charge in [-0.05, 0) is 81.3 Å². The van der Waals surface area contributed by atoms with Gasteiger partial charge in [0.05, 0.1) is 30.4 Å². The smallest absolute Gasteiger partial charge is 0.339 e. The Morgan fingerprint density at radius 2 is 1.88 bits per heavy atom. The van der Waals surface area contributed by atoms with E-state index in [9.17, 15) is 9.59 Å². The Kier molecular flexibility index (Phi) is 11.1. The molecule has 0 aliphatic carbocycles. The lowest BCUT2D eigenvalue weighted by Gasteiger charge is -2.29. The molecule has 1 N–H and O–H groups in total. The van der Waals surface area contributed by atoms with Crippen molar-refractivity contribution in [2.45, 2.75) is 83.8 Å². The van der Waals surface area contributed by atoms with Crippen molar-refractivity contribution in [1.82, 2.24) is 0 Å². The largest absolute Gasteiger partial charge is 0.492 e. The van der Waals surface area contributed by atoms with E-state index in [0.717, 1.165) is 0 Å². The number of fused-ring (bicyclic) bond motifs is 2. The van der Waals surface area contributed by atoms with E-state index in [4.69, 9.17) is 34.0 Å². The molecule has 0 radical (unpaired) electrons. The average Bonchev–Trinajstić information content (AvgIpc) is 3.28. The van der Waals surface area contributed by atoms with Crippen LogP contribution in [-0.2, 0) is 30.3 Å². The van der Waals surface area contributed by atoms with Gasteiger partial charge in [0.15, 0.2) is 5.79 Å². The number of esters is 2. The predicted molar refractivity (Wildman–Crippen MR) is 159 cm³/mol. The lowest BCUT2D eigenvalue weighted by Crippen LogP contribution is -2.39. The lowest BCUT2D eigenvalue weighted by atomic mass is 9.93. The van der Waals surface area contributed by atoms with Crippen molar-refractivity contribution in [2.24, 2.45) is 11.0 Å². The van der Waals surface area contributed by atoms with E-state index in [1.165, 1.54) is 0 Å². The van der Waals surface area contributed by atoms with Crippen molar-refractivity contribution in [3.63, 3.8) is 0 Å². The van der Waals surface area contributed by atoms with E-state index in [-0.39, 0.29) is 25.7 Å². The van der Waals surface area contributed by atoms with E-state index in [0.29, 0.717) is 47.3 Å². The maximum Gasteiger partial charge on any atom is 0.339 e. The van der Waals surface area contributed by atoms with Gasteiger partial charge in [0.2, 0.25) is 0 Å². The molecule has 0 aromatic heterocycles. The summed E-state index contributed by atoms with van der Waals surface area (Å²) >= 11 is 0. The SMILES string of the molecule is COCc1cc(OCCN=N)cc2c1C(=O)O[C@@H](C)[C@H](C)CCC(OC(=O)c1ccccc1)[C@H]1OC(C)(C)O[C@H]1C/C=C/2. The van der Waals surface area contributed by atoms with Crippen LogP contribution in [0.2, 0.25) is 0 Å². The normalized spacial score (nSPS) is 26.3. The fourth-order valence-electron chi connectivity index (χ4n) is 5.40. The fourth-order valence-corrected chi connectivity index (χ4v) is 5.40. The Hall–Kier alpha value is -3.60. The highest BCUT2D eigenvalue weighted by atomic mass is 16.8. The van der Waals surface area contributed by atoms with Crippen LogP contribution in [0.25, 0.3) is 6.08 Å². The molecule has 0 amide bonds. The molecule has 1 saturated heterocycles. The van der Waals surface area contributed by atoms with Crippen molar-refractivity contribution in [1.29, 1.82) is 5.53 Å². The molecule has 2 aromatic carbocycles. The number of carbonyl (C=O) groups excluding carboxylic acids is 2. The molecule has 2 aromatic rings. The average molecular weight is 595 g/mol. The molecule has 0 bridgehead atoms. The van der Waals surface area contributed by atoms with Gasteiger partial charge in [0.25, 0.3) is 0 Å². The van der Waals surface area contributed by atoms with Crippen LogP contribution in [0.3, 0.4) is 0 Å². The Morgan fingerprint density at radius 1 is 1.12 bits per heavy atom. The molecule has 43 heavy (non-hydrogen) atoms. The van der Waals surface area contributed by atoms with Crippen LogP contribution in [0.4, 0.5) is 0 Å². The first-order valence-electron chi connectivity index (χ1n) is 14.7.